The first-order valence-corrected chi connectivity index (χ1v) is 5.97. The first-order chi connectivity index (χ1) is 8.00. The minimum atomic E-state index is -0.295. The average molecular weight is 238 g/mol. The summed E-state index contributed by atoms with van der Waals surface area (Å²) in [5.74, 6) is 0.229. The number of amides is 2. The van der Waals surface area contributed by atoms with Gasteiger partial charge in [0.1, 0.15) is 0 Å². The van der Waals surface area contributed by atoms with Gasteiger partial charge in [-0.05, 0) is 6.92 Å². The lowest BCUT2D eigenvalue weighted by Crippen LogP contribution is -2.50. The Morgan fingerprint density at radius 1 is 1.12 bits per heavy atom. The van der Waals surface area contributed by atoms with Crippen LogP contribution in [0.2, 0.25) is 0 Å². The van der Waals surface area contributed by atoms with E-state index >= 15 is 0 Å². The minimum absolute atomic E-state index is 0.0835. The van der Waals surface area contributed by atoms with Crippen LogP contribution in [0, 0.1) is 0 Å². The van der Waals surface area contributed by atoms with Gasteiger partial charge in [0, 0.05) is 45.9 Å². The number of hydrogen-bond acceptors (Lipinski definition) is 4. The SMILES string of the molecule is CC(=O)N1CCN(C(=O)CCC2(C)N=N2)CC1. The summed E-state index contributed by atoms with van der Waals surface area (Å²) in [6, 6.07) is 0. The highest BCUT2D eigenvalue weighted by molar-refractivity contribution is 5.77. The van der Waals surface area contributed by atoms with Crippen molar-refractivity contribution < 1.29 is 9.59 Å². The summed E-state index contributed by atoms with van der Waals surface area (Å²) in [6.45, 7) is 6.06. The van der Waals surface area contributed by atoms with Crippen LogP contribution in [0.3, 0.4) is 0 Å². The van der Waals surface area contributed by atoms with Gasteiger partial charge in [0.2, 0.25) is 11.8 Å². The number of carbonyl (C=O) groups excluding carboxylic acids is 2. The molecule has 0 spiro atoms. The Labute approximate surface area is 101 Å². The van der Waals surface area contributed by atoms with Gasteiger partial charge in [0.15, 0.2) is 5.66 Å². The molecule has 2 amide bonds. The number of piperazine rings is 1. The van der Waals surface area contributed by atoms with E-state index < -0.39 is 0 Å². The first-order valence-electron chi connectivity index (χ1n) is 5.97. The van der Waals surface area contributed by atoms with E-state index in [2.05, 4.69) is 10.2 Å². The van der Waals surface area contributed by atoms with E-state index in [4.69, 9.17) is 0 Å². The zero-order valence-electron chi connectivity index (χ0n) is 10.3. The second-order valence-corrected chi connectivity index (χ2v) is 4.80. The van der Waals surface area contributed by atoms with Crippen molar-refractivity contribution in [3.63, 3.8) is 0 Å². The number of rotatable bonds is 3. The number of nitrogens with zero attached hydrogens (tertiary/aromatic N) is 4. The Morgan fingerprint density at radius 3 is 2.12 bits per heavy atom. The van der Waals surface area contributed by atoms with Crippen molar-refractivity contribution in [2.75, 3.05) is 26.2 Å². The van der Waals surface area contributed by atoms with Gasteiger partial charge in [-0.2, -0.15) is 10.2 Å². The molecule has 2 heterocycles. The molecule has 0 aromatic carbocycles. The molecule has 94 valence electrons. The Bertz CT molecular complexity index is 352. The smallest absolute Gasteiger partial charge is 0.222 e. The Hall–Kier alpha value is -1.46. The summed E-state index contributed by atoms with van der Waals surface area (Å²) >= 11 is 0. The molecular formula is C11H18N4O2. The van der Waals surface area contributed by atoms with Crippen LogP contribution in [0.15, 0.2) is 10.2 Å². The van der Waals surface area contributed by atoms with Crippen molar-refractivity contribution in [1.82, 2.24) is 9.80 Å². The highest BCUT2D eigenvalue weighted by Crippen LogP contribution is 2.32. The molecule has 0 bridgehead atoms. The molecule has 0 saturated carbocycles. The second-order valence-electron chi connectivity index (χ2n) is 4.80. The maximum Gasteiger partial charge on any atom is 0.222 e. The molecule has 0 unspecified atom stereocenters. The van der Waals surface area contributed by atoms with Crippen LogP contribution < -0.4 is 0 Å². The Morgan fingerprint density at radius 2 is 1.65 bits per heavy atom. The highest BCUT2D eigenvalue weighted by Gasteiger charge is 2.34. The van der Waals surface area contributed by atoms with Crippen LogP contribution in [-0.2, 0) is 9.59 Å². The van der Waals surface area contributed by atoms with Gasteiger partial charge < -0.3 is 9.80 Å². The molecule has 1 saturated heterocycles. The maximum atomic E-state index is 11.9. The first kappa shape index (κ1) is 12.0. The average Bonchev–Trinajstić information content (AvgIpc) is 3.05. The molecule has 6 heteroatoms. The predicted octanol–water partition coefficient (Wildman–Crippen LogP) is 0.639. The van der Waals surface area contributed by atoms with Gasteiger partial charge in [0.05, 0.1) is 0 Å². The third-order valence-corrected chi connectivity index (χ3v) is 3.33. The van der Waals surface area contributed by atoms with Gasteiger partial charge in [-0.25, -0.2) is 0 Å². The van der Waals surface area contributed by atoms with Gasteiger partial charge in [0.25, 0.3) is 0 Å². The van der Waals surface area contributed by atoms with Crippen molar-refractivity contribution in [3.05, 3.63) is 0 Å². The fourth-order valence-electron chi connectivity index (χ4n) is 1.96. The molecule has 0 aromatic rings. The molecule has 0 radical (unpaired) electrons. The zero-order valence-corrected chi connectivity index (χ0v) is 10.3. The van der Waals surface area contributed by atoms with Crippen LogP contribution in [0.25, 0.3) is 0 Å². The lowest BCUT2D eigenvalue weighted by Gasteiger charge is -2.34. The fraction of sp³-hybridized carbons (Fsp3) is 0.818. The van der Waals surface area contributed by atoms with E-state index in [1.54, 1.807) is 11.8 Å². The summed E-state index contributed by atoms with van der Waals surface area (Å²) in [5.41, 5.74) is -0.295. The lowest BCUT2D eigenvalue weighted by molar-refractivity contribution is -0.138. The third-order valence-electron chi connectivity index (χ3n) is 3.33. The van der Waals surface area contributed by atoms with E-state index in [1.807, 2.05) is 11.8 Å². The highest BCUT2D eigenvalue weighted by atomic mass is 16.2. The summed E-state index contributed by atoms with van der Waals surface area (Å²) in [6.07, 6.45) is 1.18. The van der Waals surface area contributed by atoms with Crippen molar-refractivity contribution in [3.8, 4) is 0 Å². The largest absolute Gasteiger partial charge is 0.339 e. The molecule has 0 aromatic heterocycles. The number of hydrogen-bond donors (Lipinski definition) is 0. The Kier molecular flexibility index (Phi) is 3.13. The molecule has 0 atom stereocenters. The summed E-state index contributed by atoms with van der Waals surface area (Å²) in [4.78, 5) is 26.6. The molecule has 2 aliphatic heterocycles. The molecule has 0 N–H and O–H groups in total. The van der Waals surface area contributed by atoms with Crippen LogP contribution in [0.4, 0.5) is 0 Å². The van der Waals surface area contributed by atoms with Crippen molar-refractivity contribution in [1.29, 1.82) is 0 Å². The lowest BCUT2D eigenvalue weighted by atomic mass is 10.1. The molecule has 2 rings (SSSR count). The van der Waals surface area contributed by atoms with Crippen LogP contribution >= 0.6 is 0 Å². The van der Waals surface area contributed by atoms with Crippen LogP contribution in [0.1, 0.15) is 26.7 Å². The van der Waals surface area contributed by atoms with E-state index in [0.717, 1.165) is 0 Å². The summed E-state index contributed by atoms with van der Waals surface area (Å²) in [5, 5.41) is 7.78. The Balaban J connectivity index is 1.72. The monoisotopic (exact) mass is 238 g/mol. The maximum absolute atomic E-state index is 11.9. The van der Waals surface area contributed by atoms with E-state index in [1.165, 1.54) is 0 Å². The fourth-order valence-corrected chi connectivity index (χ4v) is 1.96. The quantitative estimate of drug-likeness (QED) is 0.724. The zero-order chi connectivity index (χ0) is 12.5. The van der Waals surface area contributed by atoms with E-state index in [0.29, 0.717) is 39.0 Å². The van der Waals surface area contributed by atoms with Crippen LogP contribution in [-0.4, -0.2) is 53.5 Å². The van der Waals surface area contributed by atoms with Crippen molar-refractivity contribution >= 4 is 11.8 Å². The van der Waals surface area contributed by atoms with Crippen LogP contribution in [0.5, 0.6) is 0 Å². The molecule has 17 heavy (non-hydrogen) atoms. The van der Waals surface area contributed by atoms with Crippen molar-refractivity contribution in [2.24, 2.45) is 10.2 Å². The second kappa shape index (κ2) is 4.43. The normalized spacial score (nSPS) is 21.5. The summed E-state index contributed by atoms with van der Waals surface area (Å²) < 4.78 is 0. The van der Waals surface area contributed by atoms with Crippen molar-refractivity contribution in [2.45, 2.75) is 32.4 Å². The molecular weight excluding hydrogens is 220 g/mol. The molecule has 2 aliphatic rings. The standard InChI is InChI=1S/C11H18N4O2/c1-9(16)14-5-7-15(8-6-14)10(17)3-4-11(2)12-13-11/h3-8H2,1-2H3. The number of carbonyl (C=O) groups is 2. The van der Waals surface area contributed by atoms with E-state index in [9.17, 15) is 9.59 Å². The van der Waals surface area contributed by atoms with E-state index in [-0.39, 0.29) is 17.5 Å². The van der Waals surface area contributed by atoms with Gasteiger partial charge in [-0.15, -0.1) is 0 Å². The minimum Gasteiger partial charge on any atom is -0.339 e. The molecule has 6 nitrogen and oxygen atoms in total. The van der Waals surface area contributed by atoms with Gasteiger partial charge >= 0.3 is 0 Å². The molecule has 1 fully saturated rings. The van der Waals surface area contributed by atoms with Gasteiger partial charge in [-0.3, -0.25) is 9.59 Å². The third kappa shape index (κ3) is 3.01. The molecule has 0 aliphatic carbocycles. The van der Waals surface area contributed by atoms with Gasteiger partial charge in [-0.1, -0.05) is 0 Å². The topological polar surface area (TPSA) is 65.3 Å². The predicted molar refractivity (Wildman–Crippen MR) is 61.3 cm³/mol. The summed E-state index contributed by atoms with van der Waals surface area (Å²) in [7, 11) is 0.